The Balaban J connectivity index is 1.60. The number of H-pyrrole nitrogens is 1. The number of aromatic hydroxyl groups is 1. The Labute approximate surface area is 182 Å². The Morgan fingerprint density at radius 3 is 2.47 bits per heavy atom. The van der Waals surface area contributed by atoms with Crippen LogP contribution in [0.25, 0.3) is 10.9 Å². The second kappa shape index (κ2) is 8.37. The lowest BCUT2D eigenvalue weighted by molar-refractivity contribution is -0.137. The fraction of sp³-hybridized carbons (Fsp3) is 0.167. The van der Waals surface area contributed by atoms with Gasteiger partial charge in [0.25, 0.3) is 5.91 Å². The van der Waals surface area contributed by atoms with Gasteiger partial charge in [-0.25, -0.2) is 0 Å². The van der Waals surface area contributed by atoms with Gasteiger partial charge in [0.1, 0.15) is 5.75 Å². The number of alkyl halides is 3. The second-order valence-electron chi connectivity index (χ2n) is 7.61. The van der Waals surface area contributed by atoms with Crippen LogP contribution in [0.5, 0.6) is 5.75 Å². The minimum Gasteiger partial charge on any atom is -0.507 e. The SMILES string of the molecule is CN(Cc1cccc(C(F)(F)F)c1)C(=O)c1cc2c(Cc3ccccc3)n[nH]c2cc1O. The molecular formula is C24H20F3N3O2. The average molecular weight is 439 g/mol. The molecule has 0 bridgehead atoms. The van der Waals surface area contributed by atoms with Crippen LogP contribution in [0, 0.1) is 0 Å². The minimum atomic E-state index is -4.46. The topological polar surface area (TPSA) is 69.2 Å². The average Bonchev–Trinajstić information content (AvgIpc) is 3.14. The molecule has 4 rings (SSSR count). The standard InChI is InChI=1S/C24H20F3N3O2/c1-30(14-16-8-5-9-17(10-16)24(25,26)27)23(32)19-12-18-20(11-15-6-3-2-4-7-15)28-29-21(18)13-22(19)31/h2-10,12-13,31H,11,14H2,1H3,(H,28,29). The fourth-order valence-corrected chi connectivity index (χ4v) is 3.60. The van der Waals surface area contributed by atoms with Crippen LogP contribution < -0.4 is 0 Å². The normalized spacial score (nSPS) is 11.6. The van der Waals surface area contributed by atoms with Crippen LogP contribution in [0.1, 0.15) is 32.7 Å². The van der Waals surface area contributed by atoms with E-state index in [0.29, 0.717) is 22.9 Å². The molecule has 5 nitrogen and oxygen atoms in total. The number of hydrogen-bond donors (Lipinski definition) is 2. The summed E-state index contributed by atoms with van der Waals surface area (Å²) in [5.74, 6) is -0.734. The summed E-state index contributed by atoms with van der Waals surface area (Å²) in [5, 5.41) is 18.3. The van der Waals surface area contributed by atoms with Gasteiger partial charge in [0.05, 0.1) is 22.3 Å². The van der Waals surface area contributed by atoms with E-state index in [1.165, 1.54) is 30.1 Å². The van der Waals surface area contributed by atoms with E-state index >= 15 is 0 Å². The molecule has 0 unspecified atom stereocenters. The van der Waals surface area contributed by atoms with Gasteiger partial charge in [-0.1, -0.05) is 42.5 Å². The molecule has 0 saturated carbocycles. The van der Waals surface area contributed by atoms with Crippen molar-refractivity contribution < 1.29 is 23.1 Å². The molecule has 2 N–H and O–H groups in total. The smallest absolute Gasteiger partial charge is 0.416 e. The number of hydrogen-bond acceptors (Lipinski definition) is 3. The quantitative estimate of drug-likeness (QED) is 0.452. The zero-order valence-electron chi connectivity index (χ0n) is 17.1. The Hall–Kier alpha value is -3.81. The summed E-state index contributed by atoms with van der Waals surface area (Å²) < 4.78 is 38.9. The molecule has 164 valence electrons. The summed E-state index contributed by atoms with van der Waals surface area (Å²) >= 11 is 0. The summed E-state index contributed by atoms with van der Waals surface area (Å²) in [4.78, 5) is 14.3. The number of carbonyl (C=O) groups excluding carboxylic acids is 1. The maximum Gasteiger partial charge on any atom is 0.416 e. The lowest BCUT2D eigenvalue weighted by Crippen LogP contribution is -2.26. The van der Waals surface area contributed by atoms with Crippen molar-refractivity contribution in [3.8, 4) is 5.75 Å². The summed E-state index contributed by atoms with van der Waals surface area (Å²) in [6.45, 7) is -0.0392. The van der Waals surface area contributed by atoms with Gasteiger partial charge in [-0.05, 0) is 29.3 Å². The van der Waals surface area contributed by atoms with Crippen molar-refractivity contribution in [3.63, 3.8) is 0 Å². The summed E-state index contributed by atoms with van der Waals surface area (Å²) in [6, 6.07) is 17.5. The number of halogens is 3. The first kappa shape index (κ1) is 21.4. The number of benzene rings is 3. The zero-order chi connectivity index (χ0) is 22.9. The van der Waals surface area contributed by atoms with Crippen molar-refractivity contribution in [2.45, 2.75) is 19.1 Å². The van der Waals surface area contributed by atoms with Crippen molar-refractivity contribution in [2.24, 2.45) is 0 Å². The maximum absolute atomic E-state index is 13.0. The highest BCUT2D eigenvalue weighted by molar-refractivity contribution is 6.01. The molecule has 0 aliphatic rings. The van der Waals surface area contributed by atoms with Gasteiger partial charge in [0.2, 0.25) is 0 Å². The molecular weight excluding hydrogens is 419 g/mol. The van der Waals surface area contributed by atoms with E-state index in [0.717, 1.165) is 23.4 Å². The van der Waals surface area contributed by atoms with Crippen LogP contribution >= 0.6 is 0 Å². The molecule has 0 atom stereocenters. The van der Waals surface area contributed by atoms with E-state index in [-0.39, 0.29) is 17.9 Å². The molecule has 4 aromatic rings. The Morgan fingerprint density at radius 1 is 1.03 bits per heavy atom. The van der Waals surface area contributed by atoms with Gasteiger partial charge in [-0.15, -0.1) is 0 Å². The Morgan fingerprint density at radius 2 is 1.75 bits per heavy atom. The van der Waals surface area contributed by atoms with Gasteiger partial charge >= 0.3 is 6.18 Å². The van der Waals surface area contributed by atoms with Crippen LogP contribution in [0.15, 0.2) is 66.7 Å². The van der Waals surface area contributed by atoms with Crippen molar-refractivity contribution in [1.82, 2.24) is 15.1 Å². The molecule has 0 radical (unpaired) electrons. The lowest BCUT2D eigenvalue weighted by atomic mass is 10.0. The third-order valence-electron chi connectivity index (χ3n) is 5.22. The number of aromatic nitrogens is 2. The lowest BCUT2D eigenvalue weighted by Gasteiger charge is -2.19. The van der Waals surface area contributed by atoms with Crippen LogP contribution in [0.3, 0.4) is 0 Å². The van der Waals surface area contributed by atoms with E-state index < -0.39 is 17.6 Å². The number of phenolic OH excluding ortho intramolecular Hbond substituents is 1. The molecule has 32 heavy (non-hydrogen) atoms. The molecule has 0 fully saturated rings. The van der Waals surface area contributed by atoms with E-state index in [1.54, 1.807) is 6.07 Å². The summed E-state index contributed by atoms with van der Waals surface area (Å²) in [6.07, 6.45) is -3.92. The van der Waals surface area contributed by atoms with E-state index in [2.05, 4.69) is 10.2 Å². The summed E-state index contributed by atoms with van der Waals surface area (Å²) in [5.41, 5.74) is 1.98. The van der Waals surface area contributed by atoms with Crippen LogP contribution in [0.4, 0.5) is 13.2 Å². The maximum atomic E-state index is 13.0. The zero-order valence-corrected chi connectivity index (χ0v) is 17.1. The van der Waals surface area contributed by atoms with Crippen molar-refractivity contribution in [3.05, 3.63) is 94.7 Å². The van der Waals surface area contributed by atoms with Crippen molar-refractivity contribution in [2.75, 3.05) is 7.05 Å². The van der Waals surface area contributed by atoms with Crippen molar-refractivity contribution in [1.29, 1.82) is 0 Å². The number of nitrogens with zero attached hydrogens (tertiary/aromatic N) is 2. The van der Waals surface area contributed by atoms with Gasteiger partial charge in [-0.2, -0.15) is 18.3 Å². The highest BCUT2D eigenvalue weighted by Crippen LogP contribution is 2.31. The predicted octanol–water partition coefficient (Wildman–Crippen LogP) is 5.15. The minimum absolute atomic E-state index is 0.0392. The molecule has 0 aliphatic carbocycles. The molecule has 1 heterocycles. The number of phenols is 1. The summed E-state index contributed by atoms with van der Waals surface area (Å²) in [7, 11) is 1.48. The molecule has 1 aromatic heterocycles. The predicted molar refractivity (Wildman–Crippen MR) is 114 cm³/mol. The van der Waals surface area contributed by atoms with E-state index in [4.69, 9.17) is 0 Å². The van der Waals surface area contributed by atoms with Gasteiger partial charge in [-0.3, -0.25) is 9.89 Å². The van der Waals surface area contributed by atoms with E-state index in [1.807, 2.05) is 30.3 Å². The monoisotopic (exact) mass is 439 g/mol. The van der Waals surface area contributed by atoms with Gasteiger partial charge < -0.3 is 10.0 Å². The van der Waals surface area contributed by atoms with Gasteiger partial charge in [0, 0.05) is 31.5 Å². The molecule has 0 aliphatic heterocycles. The first-order chi connectivity index (χ1) is 15.2. The third-order valence-corrected chi connectivity index (χ3v) is 5.22. The highest BCUT2D eigenvalue weighted by Gasteiger charge is 2.30. The first-order valence-corrected chi connectivity index (χ1v) is 9.88. The fourth-order valence-electron chi connectivity index (χ4n) is 3.60. The number of fused-ring (bicyclic) bond motifs is 1. The molecule has 8 heteroatoms. The molecule has 3 aromatic carbocycles. The molecule has 0 spiro atoms. The number of nitrogens with one attached hydrogen (secondary N) is 1. The van der Waals surface area contributed by atoms with Gasteiger partial charge in [0.15, 0.2) is 0 Å². The Kier molecular flexibility index (Phi) is 5.61. The Bertz CT molecular complexity index is 1270. The van der Waals surface area contributed by atoms with E-state index in [9.17, 15) is 23.1 Å². The first-order valence-electron chi connectivity index (χ1n) is 9.88. The molecule has 1 amide bonds. The van der Waals surface area contributed by atoms with Crippen molar-refractivity contribution >= 4 is 16.8 Å². The third kappa shape index (κ3) is 4.44. The number of rotatable bonds is 5. The number of aromatic amines is 1. The number of carbonyl (C=O) groups is 1. The highest BCUT2D eigenvalue weighted by atomic mass is 19.4. The van der Waals surface area contributed by atoms with Crippen LogP contribution in [-0.2, 0) is 19.1 Å². The molecule has 0 saturated heterocycles. The number of amides is 1. The van der Waals surface area contributed by atoms with Crippen LogP contribution in [-0.4, -0.2) is 33.2 Å². The largest absolute Gasteiger partial charge is 0.507 e. The second-order valence-corrected chi connectivity index (χ2v) is 7.61. The van der Waals surface area contributed by atoms with Crippen LogP contribution in [0.2, 0.25) is 0 Å².